The highest BCUT2D eigenvalue weighted by atomic mass is 16.2. The van der Waals surface area contributed by atoms with Gasteiger partial charge in [0, 0.05) is 45.6 Å². The molecule has 2 aromatic rings. The van der Waals surface area contributed by atoms with Gasteiger partial charge in [0.05, 0.1) is 5.69 Å². The first-order chi connectivity index (χ1) is 14.6. The Bertz CT molecular complexity index is 975. The highest BCUT2D eigenvalue weighted by Crippen LogP contribution is 2.26. The van der Waals surface area contributed by atoms with E-state index >= 15 is 0 Å². The van der Waals surface area contributed by atoms with Crippen LogP contribution in [-0.4, -0.2) is 58.4 Å². The quantitative estimate of drug-likeness (QED) is 0.781. The van der Waals surface area contributed by atoms with E-state index in [1.807, 2.05) is 55.7 Å². The van der Waals surface area contributed by atoms with Crippen molar-refractivity contribution in [3.63, 3.8) is 0 Å². The van der Waals surface area contributed by atoms with Gasteiger partial charge in [-0.1, -0.05) is 51.1 Å². The van der Waals surface area contributed by atoms with Crippen LogP contribution in [0.1, 0.15) is 43.9 Å². The monoisotopic (exact) mass is 425 g/mol. The molecule has 0 saturated carbocycles. The highest BCUT2D eigenvalue weighted by molar-refractivity contribution is 5.98. The second kappa shape index (κ2) is 8.91. The summed E-state index contributed by atoms with van der Waals surface area (Å²) in [7, 11) is 1.56. The fourth-order valence-corrected chi connectivity index (χ4v) is 3.88. The van der Waals surface area contributed by atoms with Crippen molar-refractivity contribution >= 4 is 17.7 Å². The van der Waals surface area contributed by atoms with Gasteiger partial charge in [-0.05, 0) is 5.41 Å². The predicted octanol–water partition coefficient (Wildman–Crippen LogP) is 1.85. The predicted molar refractivity (Wildman–Crippen MR) is 118 cm³/mol. The van der Waals surface area contributed by atoms with Gasteiger partial charge in [-0.3, -0.25) is 14.4 Å². The number of hydrogen-bond acceptors (Lipinski definition) is 4. The van der Waals surface area contributed by atoms with E-state index in [1.54, 1.807) is 18.9 Å². The normalized spacial score (nSPS) is 14.9. The van der Waals surface area contributed by atoms with Crippen LogP contribution in [0.15, 0.2) is 30.3 Å². The summed E-state index contributed by atoms with van der Waals surface area (Å²) in [6, 6.07) is 8.98. The van der Waals surface area contributed by atoms with Gasteiger partial charge >= 0.3 is 0 Å². The number of carbonyl (C=O) groups is 3. The molecule has 0 bridgehead atoms. The van der Waals surface area contributed by atoms with Crippen molar-refractivity contribution in [2.45, 2.75) is 46.7 Å². The van der Waals surface area contributed by atoms with Crippen LogP contribution in [0.25, 0.3) is 11.4 Å². The molecule has 0 radical (unpaired) electrons. The van der Waals surface area contributed by atoms with Gasteiger partial charge < -0.3 is 20.1 Å². The van der Waals surface area contributed by atoms with E-state index in [0.29, 0.717) is 37.6 Å². The van der Waals surface area contributed by atoms with E-state index in [2.05, 4.69) is 10.6 Å². The lowest BCUT2D eigenvalue weighted by Crippen LogP contribution is -2.53. The molecule has 0 aliphatic carbocycles. The minimum absolute atomic E-state index is 0.0124. The molecule has 0 saturated heterocycles. The van der Waals surface area contributed by atoms with Crippen LogP contribution in [0.5, 0.6) is 0 Å². The largest absolute Gasteiger partial charge is 0.357 e. The number of aromatic nitrogens is 2. The van der Waals surface area contributed by atoms with Crippen molar-refractivity contribution in [2.75, 3.05) is 20.1 Å². The van der Waals surface area contributed by atoms with Crippen LogP contribution >= 0.6 is 0 Å². The summed E-state index contributed by atoms with van der Waals surface area (Å²) in [6.07, 6.45) is 0.516. The third-order valence-corrected chi connectivity index (χ3v) is 5.63. The van der Waals surface area contributed by atoms with Gasteiger partial charge in [0.15, 0.2) is 0 Å². The fourth-order valence-electron chi connectivity index (χ4n) is 3.88. The lowest BCUT2D eigenvalue weighted by molar-refractivity contribution is -0.128. The zero-order valence-electron chi connectivity index (χ0n) is 18.9. The average Bonchev–Trinajstić information content (AvgIpc) is 2.94. The molecule has 1 aromatic carbocycles. The molecule has 8 heteroatoms. The first-order valence-corrected chi connectivity index (χ1v) is 10.6. The fraction of sp³-hybridized carbons (Fsp3) is 0.478. The SMILES string of the molecule is CNC(=O)C(NC(=O)c1nc(-c2ccccc2)n2c1CCN(C(C)=O)CC2)C(C)(C)C. The number of likely N-dealkylation sites (N-methyl/N-ethyl adjacent to an activating group) is 1. The molecule has 2 heterocycles. The lowest BCUT2D eigenvalue weighted by Gasteiger charge is -2.29. The van der Waals surface area contributed by atoms with Gasteiger partial charge in [0.2, 0.25) is 11.8 Å². The Kier molecular flexibility index (Phi) is 6.48. The molecule has 1 aromatic heterocycles. The van der Waals surface area contributed by atoms with E-state index in [-0.39, 0.29) is 17.7 Å². The number of rotatable bonds is 4. The van der Waals surface area contributed by atoms with Crippen LogP contribution < -0.4 is 10.6 Å². The molecule has 0 fully saturated rings. The summed E-state index contributed by atoms with van der Waals surface area (Å²) in [4.78, 5) is 44.2. The molecule has 31 heavy (non-hydrogen) atoms. The summed E-state index contributed by atoms with van der Waals surface area (Å²) in [5.74, 6) is 0.0692. The maximum atomic E-state index is 13.3. The van der Waals surface area contributed by atoms with Crippen molar-refractivity contribution in [2.24, 2.45) is 5.41 Å². The number of carbonyl (C=O) groups excluding carboxylic acids is 3. The number of amides is 3. The molecular weight excluding hydrogens is 394 g/mol. The molecule has 2 N–H and O–H groups in total. The average molecular weight is 426 g/mol. The molecule has 1 aliphatic heterocycles. The summed E-state index contributed by atoms with van der Waals surface area (Å²) in [6.45, 7) is 8.90. The second-order valence-electron chi connectivity index (χ2n) is 8.89. The number of nitrogens with one attached hydrogen (secondary N) is 2. The summed E-state index contributed by atoms with van der Waals surface area (Å²) >= 11 is 0. The Balaban J connectivity index is 2.02. The maximum absolute atomic E-state index is 13.3. The first-order valence-electron chi connectivity index (χ1n) is 10.6. The van der Waals surface area contributed by atoms with E-state index in [4.69, 9.17) is 4.98 Å². The van der Waals surface area contributed by atoms with Crippen LogP contribution in [-0.2, 0) is 22.6 Å². The topological polar surface area (TPSA) is 96.3 Å². The van der Waals surface area contributed by atoms with Gasteiger partial charge in [-0.25, -0.2) is 4.98 Å². The zero-order chi connectivity index (χ0) is 22.8. The lowest BCUT2D eigenvalue weighted by atomic mass is 9.86. The standard InChI is InChI=1S/C23H31N5O3/c1-15(29)27-12-11-17-18(21(30)26-19(22(31)24-5)23(2,3)4)25-20(28(17)14-13-27)16-9-7-6-8-10-16/h6-10,19H,11-14H2,1-5H3,(H,24,31)(H,26,30). The van der Waals surface area contributed by atoms with Crippen LogP contribution in [0.3, 0.4) is 0 Å². The Morgan fingerprint density at radius 1 is 1.06 bits per heavy atom. The number of nitrogens with zero attached hydrogens (tertiary/aromatic N) is 3. The van der Waals surface area contributed by atoms with E-state index in [9.17, 15) is 14.4 Å². The van der Waals surface area contributed by atoms with Crippen molar-refractivity contribution < 1.29 is 14.4 Å². The zero-order valence-corrected chi connectivity index (χ0v) is 18.9. The third kappa shape index (κ3) is 4.78. The van der Waals surface area contributed by atoms with Crippen molar-refractivity contribution in [1.29, 1.82) is 0 Å². The van der Waals surface area contributed by atoms with E-state index < -0.39 is 11.5 Å². The molecule has 3 rings (SSSR count). The van der Waals surface area contributed by atoms with Crippen LogP contribution in [0.2, 0.25) is 0 Å². The Labute approximate surface area is 183 Å². The van der Waals surface area contributed by atoms with E-state index in [1.165, 1.54) is 0 Å². The second-order valence-corrected chi connectivity index (χ2v) is 8.89. The van der Waals surface area contributed by atoms with Crippen LogP contribution in [0, 0.1) is 5.41 Å². The smallest absolute Gasteiger partial charge is 0.272 e. The minimum atomic E-state index is -0.706. The first kappa shape index (κ1) is 22.5. The number of hydrogen-bond donors (Lipinski definition) is 2. The van der Waals surface area contributed by atoms with Gasteiger partial charge in [0.1, 0.15) is 17.6 Å². The van der Waals surface area contributed by atoms with Gasteiger partial charge in [-0.2, -0.15) is 0 Å². The van der Waals surface area contributed by atoms with Gasteiger partial charge in [0.25, 0.3) is 5.91 Å². The highest BCUT2D eigenvalue weighted by Gasteiger charge is 2.34. The van der Waals surface area contributed by atoms with Crippen molar-refractivity contribution in [1.82, 2.24) is 25.1 Å². The van der Waals surface area contributed by atoms with E-state index in [0.717, 1.165) is 11.3 Å². The van der Waals surface area contributed by atoms with Crippen LogP contribution in [0.4, 0.5) is 0 Å². The third-order valence-electron chi connectivity index (χ3n) is 5.63. The molecule has 166 valence electrons. The molecule has 1 unspecified atom stereocenters. The Morgan fingerprint density at radius 3 is 2.32 bits per heavy atom. The molecule has 0 spiro atoms. The molecular formula is C23H31N5O3. The minimum Gasteiger partial charge on any atom is -0.357 e. The van der Waals surface area contributed by atoms with Gasteiger partial charge in [-0.15, -0.1) is 0 Å². The van der Waals surface area contributed by atoms with Crippen molar-refractivity contribution in [3.05, 3.63) is 41.7 Å². The molecule has 8 nitrogen and oxygen atoms in total. The molecule has 1 aliphatic rings. The van der Waals surface area contributed by atoms with Crippen molar-refractivity contribution in [3.8, 4) is 11.4 Å². The Morgan fingerprint density at radius 2 is 1.74 bits per heavy atom. The molecule has 1 atom stereocenters. The number of fused-ring (bicyclic) bond motifs is 1. The summed E-state index contributed by atoms with van der Waals surface area (Å²) in [5.41, 5.74) is 1.52. The summed E-state index contributed by atoms with van der Waals surface area (Å²) < 4.78 is 2.03. The molecule has 3 amide bonds. The number of imidazole rings is 1. The maximum Gasteiger partial charge on any atom is 0.272 e. The number of benzene rings is 1. The summed E-state index contributed by atoms with van der Waals surface area (Å²) in [5, 5.41) is 5.51. The Hall–Kier alpha value is -3.16.